The van der Waals surface area contributed by atoms with Gasteiger partial charge in [-0.3, -0.25) is 4.90 Å². The van der Waals surface area contributed by atoms with E-state index in [1.54, 1.807) is 6.07 Å². The summed E-state index contributed by atoms with van der Waals surface area (Å²) in [5.74, 6) is 0.445. The Morgan fingerprint density at radius 2 is 2.05 bits per heavy atom. The molecule has 0 unspecified atom stereocenters. The fraction of sp³-hybridized carbons (Fsp3) is 0.235. The molecule has 5 heteroatoms. The summed E-state index contributed by atoms with van der Waals surface area (Å²) in [7, 11) is 0. The van der Waals surface area contributed by atoms with Crippen LogP contribution in [0.15, 0.2) is 48.5 Å². The van der Waals surface area contributed by atoms with Crippen molar-refractivity contribution < 1.29 is 9.13 Å². The molecule has 2 aliphatic heterocycles. The molecule has 3 nitrogen and oxygen atoms in total. The molecule has 2 aromatic rings. The molecule has 2 bridgehead atoms. The Morgan fingerprint density at radius 3 is 2.82 bits per heavy atom. The highest BCUT2D eigenvalue weighted by Crippen LogP contribution is 2.45. The highest BCUT2D eigenvalue weighted by Gasteiger charge is 2.48. The van der Waals surface area contributed by atoms with E-state index in [1.807, 2.05) is 42.2 Å². The van der Waals surface area contributed by atoms with Gasteiger partial charge in [-0.15, -0.1) is 0 Å². The van der Waals surface area contributed by atoms with Gasteiger partial charge in [0.15, 0.2) is 10.8 Å². The number of benzene rings is 2. The minimum Gasteiger partial charge on any atom is -0.467 e. The average Bonchev–Trinajstić information content (AvgIpc) is 2.48. The minimum absolute atomic E-state index is 0.0306. The lowest BCUT2D eigenvalue weighted by Crippen LogP contribution is -2.65. The number of rotatable bonds is 1. The molecule has 2 heterocycles. The van der Waals surface area contributed by atoms with Crippen molar-refractivity contribution in [3.05, 3.63) is 59.9 Å². The summed E-state index contributed by atoms with van der Waals surface area (Å²) in [6.45, 7) is 2.02. The largest absolute Gasteiger partial charge is 0.467 e. The Bertz CT molecular complexity index is 752. The third-order valence-electron chi connectivity index (χ3n) is 4.25. The molecule has 22 heavy (non-hydrogen) atoms. The summed E-state index contributed by atoms with van der Waals surface area (Å²) in [5, 5.41) is 3.91. The van der Waals surface area contributed by atoms with E-state index in [0.29, 0.717) is 17.3 Å². The molecule has 1 fully saturated rings. The SMILES string of the molecule is C[C@@]12C[C@H](NC(=S)N1c1ccccc1)c1cc(F)ccc1O2. The van der Waals surface area contributed by atoms with Crippen LogP contribution in [-0.4, -0.2) is 10.8 Å². The van der Waals surface area contributed by atoms with Crippen LogP contribution in [0.3, 0.4) is 0 Å². The predicted molar refractivity (Wildman–Crippen MR) is 87.4 cm³/mol. The smallest absolute Gasteiger partial charge is 0.188 e. The first kappa shape index (κ1) is 13.5. The van der Waals surface area contributed by atoms with Crippen LogP contribution < -0.4 is 15.0 Å². The lowest BCUT2D eigenvalue weighted by Gasteiger charge is -2.52. The highest BCUT2D eigenvalue weighted by atomic mass is 32.1. The molecular formula is C17H15FN2OS. The summed E-state index contributed by atoms with van der Waals surface area (Å²) < 4.78 is 19.7. The van der Waals surface area contributed by atoms with Gasteiger partial charge in [-0.2, -0.15) is 0 Å². The van der Waals surface area contributed by atoms with Gasteiger partial charge in [0.05, 0.1) is 6.04 Å². The number of fused-ring (bicyclic) bond motifs is 4. The maximum atomic E-state index is 13.5. The Labute approximate surface area is 133 Å². The van der Waals surface area contributed by atoms with E-state index in [4.69, 9.17) is 17.0 Å². The van der Waals surface area contributed by atoms with Crippen LogP contribution in [-0.2, 0) is 0 Å². The van der Waals surface area contributed by atoms with Crippen molar-refractivity contribution in [2.75, 3.05) is 4.90 Å². The van der Waals surface area contributed by atoms with Crippen molar-refractivity contribution in [3.63, 3.8) is 0 Å². The number of anilines is 1. The maximum absolute atomic E-state index is 13.5. The lowest BCUT2D eigenvalue weighted by molar-refractivity contribution is 0.0495. The van der Waals surface area contributed by atoms with Crippen LogP contribution >= 0.6 is 12.2 Å². The van der Waals surface area contributed by atoms with E-state index in [0.717, 1.165) is 11.3 Å². The highest BCUT2D eigenvalue weighted by molar-refractivity contribution is 7.80. The fourth-order valence-corrected chi connectivity index (χ4v) is 3.75. The summed E-state index contributed by atoms with van der Waals surface area (Å²) in [4.78, 5) is 1.99. The first-order valence-corrected chi connectivity index (χ1v) is 7.62. The number of hydrogen-bond acceptors (Lipinski definition) is 2. The van der Waals surface area contributed by atoms with Gasteiger partial charge >= 0.3 is 0 Å². The molecule has 0 radical (unpaired) electrons. The normalized spacial score (nSPS) is 26.0. The molecule has 1 N–H and O–H groups in total. The van der Waals surface area contributed by atoms with Gasteiger partial charge in [0.25, 0.3) is 0 Å². The van der Waals surface area contributed by atoms with E-state index in [-0.39, 0.29) is 11.9 Å². The number of para-hydroxylation sites is 1. The molecule has 0 aliphatic carbocycles. The second kappa shape index (κ2) is 4.68. The van der Waals surface area contributed by atoms with Gasteiger partial charge in [0.2, 0.25) is 0 Å². The molecule has 0 spiro atoms. The Morgan fingerprint density at radius 1 is 1.27 bits per heavy atom. The van der Waals surface area contributed by atoms with Crippen molar-refractivity contribution in [1.29, 1.82) is 0 Å². The van der Waals surface area contributed by atoms with E-state index >= 15 is 0 Å². The van der Waals surface area contributed by atoms with Crippen molar-refractivity contribution in [2.45, 2.75) is 25.1 Å². The van der Waals surface area contributed by atoms with Crippen LogP contribution in [0.2, 0.25) is 0 Å². The standard InChI is InChI=1S/C17H15FN2OS/c1-17-10-14(13-9-11(18)7-8-15(13)21-17)19-16(22)20(17)12-5-3-2-4-6-12/h2-9,14H,10H2,1H3,(H,19,22)/t14-,17+/m0/s1. The Kier molecular flexibility index (Phi) is 2.87. The van der Waals surface area contributed by atoms with Crippen molar-refractivity contribution in [1.82, 2.24) is 5.32 Å². The Hall–Kier alpha value is -2.14. The molecule has 2 atom stereocenters. The van der Waals surface area contributed by atoms with Crippen molar-refractivity contribution in [2.24, 2.45) is 0 Å². The van der Waals surface area contributed by atoms with E-state index in [9.17, 15) is 4.39 Å². The van der Waals surface area contributed by atoms with Crippen LogP contribution in [0.5, 0.6) is 5.75 Å². The van der Waals surface area contributed by atoms with E-state index < -0.39 is 5.72 Å². The molecule has 2 aromatic carbocycles. The van der Waals surface area contributed by atoms with Gasteiger partial charge < -0.3 is 10.1 Å². The molecule has 1 saturated heterocycles. The molecular weight excluding hydrogens is 299 g/mol. The number of nitrogens with zero attached hydrogens (tertiary/aromatic N) is 1. The summed E-state index contributed by atoms with van der Waals surface area (Å²) in [6.07, 6.45) is 0.693. The molecule has 2 aliphatic rings. The maximum Gasteiger partial charge on any atom is 0.188 e. The van der Waals surface area contributed by atoms with Crippen LogP contribution in [0.25, 0.3) is 0 Å². The first-order valence-electron chi connectivity index (χ1n) is 7.21. The van der Waals surface area contributed by atoms with Gasteiger partial charge in [-0.25, -0.2) is 4.39 Å². The third kappa shape index (κ3) is 1.96. The van der Waals surface area contributed by atoms with Gasteiger partial charge in [0, 0.05) is 17.7 Å². The average molecular weight is 314 g/mol. The topological polar surface area (TPSA) is 24.5 Å². The molecule has 0 amide bonds. The summed E-state index contributed by atoms with van der Waals surface area (Å²) >= 11 is 5.54. The van der Waals surface area contributed by atoms with Gasteiger partial charge in [0.1, 0.15) is 11.6 Å². The quantitative estimate of drug-likeness (QED) is 0.810. The zero-order valence-corrected chi connectivity index (χ0v) is 12.9. The van der Waals surface area contributed by atoms with Crippen molar-refractivity contribution >= 4 is 23.0 Å². The number of nitrogens with one attached hydrogen (secondary N) is 1. The number of ether oxygens (including phenoxy) is 1. The predicted octanol–water partition coefficient (Wildman–Crippen LogP) is 3.76. The number of thiocarbonyl (C=S) groups is 1. The van der Waals surface area contributed by atoms with Crippen molar-refractivity contribution in [3.8, 4) is 5.75 Å². The molecule has 4 rings (SSSR count). The van der Waals surface area contributed by atoms with Crippen LogP contribution in [0.4, 0.5) is 10.1 Å². The first-order chi connectivity index (χ1) is 10.6. The van der Waals surface area contributed by atoms with E-state index in [2.05, 4.69) is 5.32 Å². The lowest BCUT2D eigenvalue weighted by atomic mass is 9.90. The number of halogens is 1. The zero-order chi connectivity index (χ0) is 15.3. The molecule has 0 aromatic heterocycles. The minimum atomic E-state index is -0.584. The summed E-state index contributed by atoms with van der Waals surface area (Å²) in [5.41, 5.74) is 1.22. The molecule has 112 valence electrons. The molecule has 0 saturated carbocycles. The Balaban J connectivity index is 1.81. The fourth-order valence-electron chi connectivity index (χ4n) is 3.31. The monoisotopic (exact) mass is 314 g/mol. The van der Waals surface area contributed by atoms with E-state index in [1.165, 1.54) is 12.1 Å². The van der Waals surface area contributed by atoms with Crippen LogP contribution in [0, 0.1) is 5.82 Å². The summed E-state index contributed by atoms with van der Waals surface area (Å²) in [6, 6.07) is 14.5. The second-order valence-electron chi connectivity index (χ2n) is 5.84. The van der Waals surface area contributed by atoms with Gasteiger partial charge in [-0.1, -0.05) is 18.2 Å². The number of hydrogen-bond donors (Lipinski definition) is 1. The second-order valence-corrected chi connectivity index (χ2v) is 6.22. The zero-order valence-electron chi connectivity index (χ0n) is 12.0. The third-order valence-corrected chi connectivity index (χ3v) is 4.55. The van der Waals surface area contributed by atoms with Crippen LogP contribution in [0.1, 0.15) is 24.9 Å². The van der Waals surface area contributed by atoms with Gasteiger partial charge in [-0.05, 0) is 49.5 Å².